The van der Waals surface area contributed by atoms with Gasteiger partial charge in [0.15, 0.2) is 0 Å². The van der Waals surface area contributed by atoms with Gasteiger partial charge in [-0.1, -0.05) is 24.0 Å². The fourth-order valence-electron chi connectivity index (χ4n) is 1.81. The average molecular weight is 357 g/mol. The molecule has 0 aromatic heterocycles. The van der Waals surface area contributed by atoms with Gasteiger partial charge in [-0.05, 0) is 36.4 Å². The topological polar surface area (TPSA) is 46.2 Å². The van der Waals surface area contributed by atoms with E-state index in [1.165, 1.54) is 18.2 Å². The number of halogens is 4. The molecule has 0 bridgehead atoms. The summed E-state index contributed by atoms with van der Waals surface area (Å²) in [5.74, 6) is 4.05. The molecule has 0 aliphatic heterocycles. The maximum atomic E-state index is 12.8. The van der Waals surface area contributed by atoms with E-state index in [-0.39, 0.29) is 17.0 Å². The first-order valence-corrected chi connectivity index (χ1v) is 8.09. The normalized spacial score (nSPS) is 11.7. The molecule has 0 atom stereocenters. The zero-order chi connectivity index (χ0) is 17.8. The maximum Gasteiger partial charge on any atom is 0.417 e. The third kappa shape index (κ3) is 4.57. The summed E-state index contributed by atoms with van der Waals surface area (Å²) in [6, 6.07) is 8.86. The third-order valence-electron chi connectivity index (χ3n) is 2.93. The molecular weight excluding hydrogens is 346 g/mol. The number of alkyl halides is 3. The third-order valence-corrected chi connectivity index (χ3v) is 4.35. The minimum Gasteiger partial charge on any atom is -0.207 e. The van der Waals surface area contributed by atoms with Gasteiger partial charge in [0.05, 0.1) is 17.0 Å². The molecule has 0 aliphatic rings. The first-order valence-electron chi connectivity index (χ1n) is 6.60. The van der Waals surface area contributed by atoms with Crippen molar-refractivity contribution in [3.63, 3.8) is 0 Å². The monoisotopic (exact) mass is 357 g/mol. The number of sulfonamides is 1. The van der Waals surface area contributed by atoms with Gasteiger partial charge in [0.2, 0.25) is 10.0 Å². The van der Waals surface area contributed by atoms with Crippen molar-refractivity contribution in [1.82, 2.24) is 4.72 Å². The molecular formula is C16H11F4NO2S. The van der Waals surface area contributed by atoms with Gasteiger partial charge < -0.3 is 0 Å². The first-order chi connectivity index (χ1) is 11.2. The molecule has 0 amide bonds. The molecule has 2 rings (SSSR count). The molecule has 0 radical (unpaired) electrons. The quantitative estimate of drug-likeness (QED) is 0.678. The van der Waals surface area contributed by atoms with Crippen molar-refractivity contribution in [2.75, 3.05) is 6.54 Å². The summed E-state index contributed by atoms with van der Waals surface area (Å²) in [5, 5.41) is 0. The van der Waals surface area contributed by atoms with Crippen molar-refractivity contribution in [2.45, 2.75) is 11.1 Å². The molecule has 0 saturated heterocycles. The van der Waals surface area contributed by atoms with E-state index in [2.05, 4.69) is 16.6 Å². The smallest absolute Gasteiger partial charge is 0.207 e. The molecule has 126 valence electrons. The van der Waals surface area contributed by atoms with Crippen molar-refractivity contribution in [2.24, 2.45) is 0 Å². The number of rotatable bonds is 3. The highest BCUT2D eigenvalue weighted by Gasteiger charge is 2.32. The molecule has 2 aromatic rings. The summed E-state index contributed by atoms with van der Waals surface area (Å²) in [6.45, 7) is -0.383. The Labute approximate surface area is 136 Å². The van der Waals surface area contributed by atoms with E-state index in [1.807, 2.05) is 0 Å². The number of benzene rings is 2. The zero-order valence-electron chi connectivity index (χ0n) is 12.1. The van der Waals surface area contributed by atoms with E-state index in [9.17, 15) is 26.0 Å². The summed E-state index contributed by atoms with van der Waals surface area (Å²) >= 11 is 0. The lowest BCUT2D eigenvalue weighted by Crippen LogP contribution is -2.24. The SMILES string of the molecule is O=S(=O)(NCC#Cc1ccccc1C(F)(F)F)c1ccc(F)cc1. The molecule has 0 fully saturated rings. The van der Waals surface area contributed by atoms with Gasteiger partial charge in [0, 0.05) is 5.56 Å². The van der Waals surface area contributed by atoms with Gasteiger partial charge >= 0.3 is 6.18 Å². The van der Waals surface area contributed by atoms with Crippen LogP contribution in [-0.2, 0) is 16.2 Å². The fraction of sp³-hybridized carbons (Fsp3) is 0.125. The maximum absolute atomic E-state index is 12.8. The summed E-state index contributed by atoms with van der Waals surface area (Å²) < 4.78 is 77.1. The Morgan fingerprint density at radius 3 is 2.25 bits per heavy atom. The van der Waals surface area contributed by atoms with E-state index in [4.69, 9.17) is 0 Å². The fourth-order valence-corrected chi connectivity index (χ4v) is 2.73. The van der Waals surface area contributed by atoms with Crippen molar-refractivity contribution in [3.8, 4) is 11.8 Å². The second kappa shape index (κ2) is 7.03. The Morgan fingerprint density at radius 2 is 1.62 bits per heavy atom. The standard InChI is InChI=1S/C16H11F4NO2S/c17-13-7-9-14(10-8-13)24(22,23)21-11-3-5-12-4-1-2-6-15(12)16(18,19)20/h1-2,4,6-10,21H,11H2. The van der Waals surface area contributed by atoms with Crippen molar-refractivity contribution in [3.05, 3.63) is 65.5 Å². The molecule has 0 spiro atoms. The van der Waals surface area contributed by atoms with E-state index >= 15 is 0 Å². The second-order valence-electron chi connectivity index (χ2n) is 4.62. The van der Waals surface area contributed by atoms with Crippen LogP contribution in [0.5, 0.6) is 0 Å². The molecule has 0 aliphatic carbocycles. The number of nitrogens with one attached hydrogen (secondary N) is 1. The first kappa shape index (κ1) is 18.0. The van der Waals surface area contributed by atoms with Gasteiger partial charge in [0.1, 0.15) is 5.82 Å². The second-order valence-corrected chi connectivity index (χ2v) is 6.39. The predicted octanol–water partition coefficient (Wildman–Crippen LogP) is 3.17. The Hall–Kier alpha value is -2.37. The molecule has 3 nitrogen and oxygen atoms in total. The zero-order valence-corrected chi connectivity index (χ0v) is 12.9. The van der Waals surface area contributed by atoms with Crippen LogP contribution in [0.2, 0.25) is 0 Å². The molecule has 24 heavy (non-hydrogen) atoms. The van der Waals surface area contributed by atoms with Crippen LogP contribution in [0, 0.1) is 17.7 Å². The van der Waals surface area contributed by atoms with Crippen molar-refractivity contribution in [1.29, 1.82) is 0 Å². The van der Waals surface area contributed by atoms with Crippen LogP contribution in [0.4, 0.5) is 17.6 Å². The van der Waals surface area contributed by atoms with Crippen LogP contribution in [-0.4, -0.2) is 15.0 Å². The van der Waals surface area contributed by atoms with E-state index < -0.39 is 27.6 Å². The Balaban J connectivity index is 2.11. The van der Waals surface area contributed by atoms with Crippen LogP contribution in [0.25, 0.3) is 0 Å². The van der Waals surface area contributed by atoms with E-state index in [1.54, 1.807) is 0 Å². The van der Waals surface area contributed by atoms with E-state index in [0.717, 1.165) is 30.3 Å². The van der Waals surface area contributed by atoms with Crippen LogP contribution < -0.4 is 4.72 Å². The highest BCUT2D eigenvalue weighted by molar-refractivity contribution is 7.89. The van der Waals surface area contributed by atoms with Gasteiger partial charge in [-0.2, -0.15) is 17.9 Å². The molecule has 0 saturated carbocycles. The molecule has 2 aromatic carbocycles. The highest BCUT2D eigenvalue weighted by atomic mass is 32.2. The minimum atomic E-state index is -4.54. The number of hydrogen-bond donors (Lipinski definition) is 1. The summed E-state index contributed by atoms with van der Waals surface area (Å²) in [5.41, 5.74) is -1.13. The Bertz CT molecular complexity index is 879. The lowest BCUT2D eigenvalue weighted by Gasteiger charge is -2.08. The van der Waals surface area contributed by atoms with Crippen molar-refractivity contribution < 1.29 is 26.0 Å². The number of hydrogen-bond acceptors (Lipinski definition) is 2. The summed E-state index contributed by atoms with van der Waals surface area (Å²) in [6.07, 6.45) is -4.54. The largest absolute Gasteiger partial charge is 0.417 e. The van der Waals surface area contributed by atoms with E-state index in [0.29, 0.717) is 0 Å². The summed E-state index contributed by atoms with van der Waals surface area (Å²) in [4.78, 5) is -0.165. The van der Waals surface area contributed by atoms with Crippen LogP contribution in [0.1, 0.15) is 11.1 Å². The predicted molar refractivity (Wildman–Crippen MR) is 79.9 cm³/mol. The summed E-state index contributed by atoms with van der Waals surface area (Å²) in [7, 11) is -3.91. The molecule has 1 N–H and O–H groups in total. The Morgan fingerprint density at radius 1 is 1.00 bits per heavy atom. The van der Waals surface area contributed by atoms with Gasteiger partial charge in [-0.3, -0.25) is 0 Å². The minimum absolute atomic E-state index is 0.165. The highest BCUT2D eigenvalue weighted by Crippen LogP contribution is 2.31. The van der Waals surface area contributed by atoms with Crippen LogP contribution in [0.15, 0.2) is 53.4 Å². The van der Waals surface area contributed by atoms with Gasteiger partial charge in [-0.15, -0.1) is 0 Å². The van der Waals surface area contributed by atoms with Gasteiger partial charge in [-0.25, -0.2) is 12.8 Å². The molecule has 0 heterocycles. The van der Waals surface area contributed by atoms with Crippen molar-refractivity contribution >= 4 is 10.0 Å². The lowest BCUT2D eigenvalue weighted by molar-refractivity contribution is -0.137. The van der Waals surface area contributed by atoms with Crippen LogP contribution in [0.3, 0.4) is 0 Å². The Kier molecular flexibility index (Phi) is 5.26. The molecule has 0 unspecified atom stereocenters. The van der Waals surface area contributed by atoms with Gasteiger partial charge in [0.25, 0.3) is 0 Å². The lowest BCUT2D eigenvalue weighted by atomic mass is 10.1. The molecule has 8 heteroatoms. The average Bonchev–Trinajstić information content (AvgIpc) is 2.51. The van der Waals surface area contributed by atoms with Crippen LogP contribution >= 0.6 is 0 Å².